The summed E-state index contributed by atoms with van der Waals surface area (Å²) in [6.07, 6.45) is -4.95. The number of carbonyl (C=O) groups excluding carboxylic acids is 1. The zero-order chi connectivity index (χ0) is 24.1. The van der Waals surface area contributed by atoms with Gasteiger partial charge in [0, 0.05) is 23.8 Å². The molecule has 2 aromatic rings. The van der Waals surface area contributed by atoms with Crippen molar-refractivity contribution in [2.75, 3.05) is 32.1 Å². The molecule has 2 aromatic carbocycles. The van der Waals surface area contributed by atoms with E-state index >= 15 is 0 Å². The van der Waals surface area contributed by atoms with E-state index in [1.165, 1.54) is 12.1 Å². The molecule has 0 fully saturated rings. The minimum atomic E-state index is -4.95. The summed E-state index contributed by atoms with van der Waals surface area (Å²) < 4.78 is 76.8. The molecule has 12 heteroatoms. The lowest BCUT2D eigenvalue weighted by Crippen LogP contribution is -2.35. The fraction of sp³-hybridized carbons (Fsp3) is 0.350. The number of benzene rings is 2. The topological polar surface area (TPSA) is 84.9 Å². The number of rotatable bonds is 9. The number of nitrogens with one attached hydrogen (secondary N) is 1. The second-order valence-electron chi connectivity index (χ2n) is 6.48. The van der Waals surface area contributed by atoms with Gasteiger partial charge in [-0.1, -0.05) is 11.6 Å². The Morgan fingerprint density at radius 1 is 1.06 bits per heavy atom. The van der Waals surface area contributed by atoms with Crippen molar-refractivity contribution in [1.82, 2.24) is 4.31 Å². The summed E-state index contributed by atoms with van der Waals surface area (Å²) in [7, 11) is -3.63. The van der Waals surface area contributed by atoms with Crippen molar-refractivity contribution in [1.29, 1.82) is 0 Å². The lowest BCUT2D eigenvalue weighted by atomic mass is 10.2. The molecular formula is C20H22ClF3N2O5S. The smallest absolute Gasteiger partial charge is 0.417 e. The Bertz CT molecular complexity index is 1080. The van der Waals surface area contributed by atoms with Crippen LogP contribution in [0.15, 0.2) is 41.3 Å². The number of hydrogen-bond donors (Lipinski definition) is 1. The Morgan fingerprint density at radius 3 is 2.28 bits per heavy atom. The quantitative estimate of drug-likeness (QED) is 0.558. The van der Waals surface area contributed by atoms with Crippen LogP contribution in [-0.4, -0.2) is 45.4 Å². The zero-order valence-corrected chi connectivity index (χ0v) is 19.1. The van der Waals surface area contributed by atoms with Gasteiger partial charge in [-0.25, -0.2) is 8.42 Å². The lowest BCUT2D eigenvalue weighted by Gasteiger charge is -2.20. The number of alkyl halides is 3. The van der Waals surface area contributed by atoms with Gasteiger partial charge >= 0.3 is 6.18 Å². The fourth-order valence-corrected chi connectivity index (χ4v) is 4.22. The molecule has 0 saturated heterocycles. The van der Waals surface area contributed by atoms with Crippen LogP contribution < -0.4 is 14.8 Å². The first kappa shape index (κ1) is 25.8. The standard InChI is InChI=1S/C20H22ClF3N2O5S/c1-4-30-16-8-7-14(11-17(16)31-5-2)25-19(27)12-26(3)32(28,29)18-9-6-13(21)10-15(18)20(22,23)24/h6-11H,4-5,12H2,1-3H3,(H,25,27). The number of halogens is 4. The first-order chi connectivity index (χ1) is 14.9. The van der Waals surface area contributed by atoms with Gasteiger partial charge in [-0.05, 0) is 44.2 Å². The molecule has 176 valence electrons. The Morgan fingerprint density at radius 2 is 1.69 bits per heavy atom. The molecule has 0 radical (unpaired) electrons. The van der Waals surface area contributed by atoms with Crippen LogP contribution in [0.25, 0.3) is 0 Å². The number of amides is 1. The largest absolute Gasteiger partial charge is 0.490 e. The van der Waals surface area contributed by atoms with Gasteiger partial charge < -0.3 is 14.8 Å². The van der Waals surface area contributed by atoms with Gasteiger partial charge in [0.1, 0.15) is 0 Å². The summed E-state index contributed by atoms with van der Waals surface area (Å²) in [5.74, 6) is 0.0868. The SMILES string of the molecule is CCOc1ccc(NC(=O)CN(C)S(=O)(=O)c2ccc(Cl)cc2C(F)(F)F)cc1OCC. The van der Waals surface area contributed by atoms with Crippen LogP contribution in [0.1, 0.15) is 19.4 Å². The molecule has 1 amide bonds. The van der Waals surface area contributed by atoms with Crippen molar-refractivity contribution in [2.24, 2.45) is 0 Å². The van der Waals surface area contributed by atoms with Gasteiger partial charge in [-0.3, -0.25) is 4.79 Å². The summed E-state index contributed by atoms with van der Waals surface area (Å²) in [6.45, 7) is 3.60. The Hall–Kier alpha value is -2.50. The highest BCUT2D eigenvalue weighted by molar-refractivity contribution is 7.89. The molecule has 7 nitrogen and oxygen atoms in total. The number of carbonyl (C=O) groups is 1. The summed E-state index contributed by atoms with van der Waals surface area (Å²) in [5, 5.41) is 2.23. The molecule has 0 bridgehead atoms. The molecule has 0 aliphatic carbocycles. The first-order valence-electron chi connectivity index (χ1n) is 9.42. The predicted octanol–water partition coefficient (Wildman–Crippen LogP) is 4.42. The van der Waals surface area contributed by atoms with Crippen LogP contribution in [0.5, 0.6) is 11.5 Å². The predicted molar refractivity (Wildman–Crippen MR) is 114 cm³/mol. The molecule has 2 rings (SSSR count). The molecular weight excluding hydrogens is 473 g/mol. The zero-order valence-electron chi connectivity index (χ0n) is 17.5. The molecule has 0 aliphatic rings. The first-order valence-corrected chi connectivity index (χ1v) is 11.2. The van der Waals surface area contributed by atoms with Gasteiger partial charge in [-0.15, -0.1) is 0 Å². The van der Waals surface area contributed by atoms with E-state index in [2.05, 4.69) is 5.32 Å². The number of hydrogen-bond acceptors (Lipinski definition) is 5. The summed E-state index contributed by atoms with van der Waals surface area (Å²) in [5.41, 5.74) is -1.11. The normalized spacial score (nSPS) is 12.0. The fourth-order valence-electron chi connectivity index (χ4n) is 2.73. The number of ether oxygens (including phenoxy) is 2. The number of anilines is 1. The Labute approximate surface area is 189 Å². The third-order valence-electron chi connectivity index (χ3n) is 4.13. The highest BCUT2D eigenvalue weighted by Crippen LogP contribution is 2.37. The van der Waals surface area contributed by atoms with E-state index in [1.54, 1.807) is 19.9 Å². The Balaban J connectivity index is 2.22. The van der Waals surface area contributed by atoms with Crippen LogP contribution in [0, 0.1) is 0 Å². The van der Waals surface area contributed by atoms with E-state index in [-0.39, 0.29) is 5.02 Å². The maximum Gasteiger partial charge on any atom is 0.417 e. The van der Waals surface area contributed by atoms with Crippen LogP contribution in [-0.2, 0) is 21.0 Å². The van der Waals surface area contributed by atoms with Crippen LogP contribution in [0.2, 0.25) is 5.02 Å². The molecule has 0 spiro atoms. The second kappa shape index (κ2) is 10.4. The van der Waals surface area contributed by atoms with E-state index in [0.717, 1.165) is 19.2 Å². The monoisotopic (exact) mass is 494 g/mol. The number of likely N-dealkylation sites (N-methyl/N-ethyl adjacent to an activating group) is 1. The average molecular weight is 495 g/mol. The highest BCUT2D eigenvalue weighted by Gasteiger charge is 2.39. The van der Waals surface area contributed by atoms with Gasteiger partial charge in [0.15, 0.2) is 11.5 Å². The summed E-state index contributed by atoms with van der Waals surface area (Å²) in [6, 6.07) is 6.93. The van der Waals surface area contributed by atoms with E-state index in [9.17, 15) is 26.4 Å². The molecule has 0 aromatic heterocycles. The maximum atomic E-state index is 13.3. The summed E-state index contributed by atoms with van der Waals surface area (Å²) >= 11 is 5.60. The van der Waals surface area contributed by atoms with Crippen molar-refractivity contribution in [3.05, 3.63) is 47.0 Å². The number of nitrogens with zero attached hydrogens (tertiary/aromatic N) is 1. The molecule has 0 aliphatic heterocycles. The molecule has 0 unspecified atom stereocenters. The van der Waals surface area contributed by atoms with Gasteiger partial charge in [0.2, 0.25) is 15.9 Å². The average Bonchev–Trinajstić information content (AvgIpc) is 2.69. The minimum absolute atomic E-state index is 0.266. The van der Waals surface area contributed by atoms with E-state index in [0.29, 0.717) is 40.8 Å². The van der Waals surface area contributed by atoms with Crippen molar-refractivity contribution in [3.8, 4) is 11.5 Å². The van der Waals surface area contributed by atoms with E-state index in [1.807, 2.05) is 0 Å². The number of sulfonamides is 1. The molecule has 0 saturated carbocycles. The van der Waals surface area contributed by atoms with Gasteiger partial charge in [0.05, 0.1) is 30.2 Å². The van der Waals surface area contributed by atoms with E-state index in [4.69, 9.17) is 21.1 Å². The minimum Gasteiger partial charge on any atom is -0.490 e. The van der Waals surface area contributed by atoms with E-state index < -0.39 is 39.1 Å². The maximum absolute atomic E-state index is 13.3. The van der Waals surface area contributed by atoms with Crippen LogP contribution >= 0.6 is 11.6 Å². The molecule has 1 N–H and O–H groups in total. The third-order valence-corrected chi connectivity index (χ3v) is 6.23. The Kier molecular flexibility index (Phi) is 8.38. The molecule has 0 heterocycles. The summed E-state index contributed by atoms with van der Waals surface area (Å²) in [4.78, 5) is 11.4. The molecule has 0 atom stereocenters. The van der Waals surface area contributed by atoms with Crippen molar-refractivity contribution in [2.45, 2.75) is 24.9 Å². The van der Waals surface area contributed by atoms with Crippen LogP contribution in [0.3, 0.4) is 0 Å². The van der Waals surface area contributed by atoms with Crippen LogP contribution in [0.4, 0.5) is 18.9 Å². The third kappa shape index (κ3) is 6.27. The van der Waals surface area contributed by atoms with Crippen molar-refractivity contribution in [3.63, 3.8) is 0 Å². The van der Waals surface area contributed by atoms with Gasteiger partial charge in [-0.2, -0.15) is 17.5 Å². The second-order valence-corrected chi connectivity index (χ2v) is 8.92. The highest BCUT2D eigenvalue weighted by atomic mass is 35.5. The van der Waals surface area contributed by atoms with Gasteiger partial charge in [0.25, 0.3) is 0 Å². The van der Waals surface area contributed by atoms with Crippen molar-refractivity contribution >= 4 is 33.2 Å². The molecule has 32 heavy (non-hydrogen) atoms. The lowest BCUT2D eigenvalue weighted by molar-refractivity contribution is -0.139. The van der Waals surface area contributed by atoms with Crippen molar-refractivity contribution < 1.29 is 35.9 Å².